The molecule has 1 aromatic carbocycles. The summed E-state index contributed by atoms with van der Waals surface area (Å²) in [6.07, 6.45) is 3.32. The number of nitrogens with one attached hydrogen (secondary N) is 1. The standard InChI is InChI=1S/C15H20N2O2S/c1-19-12-5-2-4-11(10-12)6-9-17-14(18)15(13(16)20)7-3-8-15/h2,4-5,10H,3,6-9H2,1H3,(H2,16,20)(H,17,18). The predicted molar refractivity (Wildman–Crippen MR) is 82.8 cm³/mol. The van der Waals surface area contributed by atoms with Gasteiger partial charge in [-0.15, -0.1) is 0 Å². The summed E-state index contributed by atoms with van der Waals surface area (Å²) in [5.74, 6) is 0.798. The Bertz CT molecular complexity index is 512. The molecule has 0 bridgehead atoms. The van der Waals surface area contributed by atoms with Crippen LogP contribution in [0.15, 0.2) is 24.3 Å². The lowest BCUT2D eigenvalue weighted by atomic mass is 9.68. The number of ether oxygens (including phenoxy) is 1. The van der Waals surface area contributed by atoms with Crippen molar-refractivity contribution in [2.45, 2.75) is 25.7 Å². The van der Waals surface area contributed by atoms with E-state index in [2.05, 4.69) is 5.32 Å². The Hall–Kier alpha value is -1.62. The van der Waals surface area contributed by atoms with Crippen molar-refractivity contribution in [1.29, 1.82) is 0 Å². The van der Waals surface area contributed by atoms with Gasteiger partial charge in [0.2, 0.25) is 5.91 Å². The topological polar surface area (TPSA) is 64.3 Å². The number of carbonyl (C=O) groups excluding carboxylic acids is 1. The fourth-order valence-electron chi connectivity index (χ4n) is 2.43. The maximum absolute atomic E-state index is 12.2. The molecule has 0 aromatic heterocycles. The molecule has 1 aliphatic rings. The van der Waals surface area contributed by atoms with E-state index in [1.54, 1.807) is 7.11 Å². The average Bonchev–Trinajstić information content (AvgIpc) is 2.37. The minimum absolute atomic E-state index is 0.0286. The highest BCUT2D eigenvalue weighted by Gasteiger charge is 2.46. The van der Waals surface area contributed by atoms with Gasteiger partial charge in [0.1, 0.15) is 5.75 Å². The lowest BCUT2D eigenvalue weighted by molar-refractivity contribution is -0.130. The van der Waals surface area contributed by atoms with Crippen LogP contribution in [0.1, 0.15) is 24.8 Å². The molecule has 0 atom stereocenters. The normalized spacial score (nSPS) is 16.1. The van der Waals surface area contributed by atoms with E-state index in [0.29, 0.717) is 11.5 Å². The average molecular weight is 292 g/mol. The third kappa shape index (κ3) is 2.93. The molecule has 0 heterocycles. The van der Waals surface area contributed by atoms with Crippen LogP contribution in [-0.4, -0.2) is 24.6 Å². The molecule has 3 N–H and O–H groups in total. The predicted octanol–water partition coefficient (Wildman–Crippen LogP) is 1.81. The summed E-state index contributed by atoms with van der Waals surface area (Å²) >= 11 is 5.03. The van der Waals surface area contributed by atoms with Gasteiger partial charge in [0.25, 0.3) is 0 Å². The maximum atomic E-state index is 12.2. The molecule has 0 aliphatic heterocycles. The van der Waals surface area contributed by atoms with E-state index in [0.717, 1.165) is 37.0 Å². The van der Waals surface area contributed by atoms with Crippen molar-refractivity contribution in [1.82, 2.24) is 5.32 Å². The van der Waals surface area contributed by atoms with Crippen LogP contribution >= 0.6 is 12.2 Å². The van der Waals surface area contributed by atoms with E-state index in [9.17, 15) is 4.79 Å². The number of hydrogen-bond acceptors (Lipinski definition) is 3. The summed E-state index contributed by atoms with van der Waals surface area (Å²) in [6, 6.07) is 7.83. The molecular weight excluding hydrogens is 272 g/mol. The maximum Gasteiger partial charge on any atom is 0.233 e. The second kappa shape index (κ2) is 6.22. The van der Waals surface area contributed by atoms with Gasteiger partial charge < -0.3 is 15.8 Å². The zero-order valence-electron chi connectivity index (χ0n) is 11.6. The zero-order valence-corrected chi connectivity index (χ0v) is 12.5. The molecule has 1 aromatic rings. The van der Waals surface area contributed by atoms with Crippen LogP contribution in [0.5, 0.6) is 5.75 Å². The van der Waals surface area contributed by atoms with E-state index in [1.807, 2.05) is 24.3 Å². The molecule has 0 radical (unpaired) electrons. The molecular formula is C15H20N2O2S. The molecule has 5 heteroatoms. The third-order valence-corrected chi connectivity index (χ3v) is 4.34. The van der Waals surface area contributed by atoms with Gasteiger partial charge in [-0.3, -0.25) is 4.79 Å². The summed E-state index contributed by atoms with van der Waals surface area (Å²) in [7, 11) is 1.64. The van der Waals surface area contributed by atoms with Crippen molar-refractivity contribution in [2.75, 3.05) is 13.7 Å². The number of benzene rings is 1. The molecule has 0 spiro atoms. The van der Waals surface area contributed by atoms with Crippen LogP contribution in [-0.2, 0) is 11.2 Å². The summed E-state index contributed by atoms with van der Waals surface area (Å²) < 4.78 is 5.17. The third-order valence-electron chi connectivity index (χ3n) is 3.95. The van der Waals surface area contributed by atoms with Crippen LogP contribution in [0.25, 0.3) is 0 Å². The van der Waals surface area contributed by atoms with Crippen molar-refractivity contribution < 1.29 is 9.53 Å². The van der Waals surface area contributed by atoms with Gasteiger partial charge in [-0.1, -0.05) is 30.8 Å². The first-order valence-electron chi connectivity index (χ1n) is 6.79. The number of rotatable bonds is 6. The largest absolute Gasteiger partial charge is 0.497 e. The summed E-state index contributed by atoms with van der Waals surface area (Å²) in [5, 5.41) is 2.95. The van der Waals surface area contributed by atoms with Crippen molar-refractivity contribution >= 4 is 23.1 Å². The number of methoxy groups -OCH3 is 1. The van der Waals surface area contributed by atoms with Crippen molar-refractivity contribution in [3.63, 3.8) is 0 Å². The first-order chi connectivity index (χ1) is 9.58. The molecule has 1 fully saturated rings. The number of hydrogen-bond donors (Lipinski definition) is 2. The highest BCUT2D eigenvalue weighted by Crippen LogP contribution is 2.41. The number of carbonyl (C=O) groups is 1. The summed E-state index contributed by atoms with van der Waals surface area (Å²) in [6.45, 7) is 0.580. The fourth-order valence-corrected chi connectivity index (χ4v) is 2.73. The highest BCUT2D eigenvalue weighted by atomic mass is 32.1. The van der Waals surface area contributed by atoms with Gasteiger partial charge in [-0.05, 0) is 37.0 Å². The van der Waals surface area contributed by atoms with E-state index in [4.69, 9.17) is 22.7 Å². The van der Waals surface area contributed by atoms with Gasteiger partial charge in [0.15, 0.2) is 0 Å². The van der Waals surface area contributed by atoms with Gasteiger partial charge in [-0.25, -0.2) is 0 Å². The lowest BCUT2D eigenvalue weighted by Gasteiger charge is -2.39. The second-order valence-electron chi connectivity index (χ2n) is 5.16. The zero-order chi connectivity index (χ0) is 14.6. The molecule has 0 unspecified atom stereocenters. The van der Waals surface area contributed by atoms with E-state index >= 15 is 0 Å². The Morgan fingerprint density at radius 2 is 2.25 bits per heavy atom. The second-order valence-corrected chi connectivity index (χ2v) is 5.60. The Labute approximate surface area is 124 Å². The molecule has 108 valence electrons. The van der Waals surface area contributed by atoms with Gasteiger partial charge >= 0.3 is 0 Å². The summed E-state index contributed by atoms with van der Waals surface area (Å²) in [4.78, 5) is 12.5. The first-order valence-corrected chi connectivity index (χ1v) is 7.20. The SMILES string of the molecule is COc1cccc(CCNC(=O)C2(C(N)=S)CCC2)c1. The van der Waals surface area contributed by atoms with Crippen molar-refractivity contribution in [3.05, 3.63) is 29.8 Å². The Morgan fingerprint density at radius 3 is 2.80 bits per heavy atom. The van der Waals surface area contributed by atoms with E-state index in [-0.39, 0.29) is 5.91 Å². The van der Waals surface area contributed by atoms with Crippen LogP contribution in [0.3, 0.4) is 0 Å². The van der Waals surface area contributed by atoms with E-state index in [1.165, 1.54) is 0 Å². The minimum atomic E-state index is -0.594. The fraction of sp³-hybridized carbons (Fsp3) is 0.467. The smallest absolute Gasteiger partial charge is 0.233 e. The monoisotopic (exact) mass is 292 g/mol. The molecule has 1 amide bonds. The van der Waals surface area contributed by atoms with Crippen LogP contribution < -0.4 is 15.8 Å². The summed E-state index contributed by atoms with van der Waals surface area (Å²) in [5.41, 5.74) is 6.24. The Balaban J connectivity index is 1.86. The Kier molecular flexibility index (Phi) is 4.60. The van der Waals surface area contributed by atoms with Gasteiger partial charge in [0, 0.05) is 6.54 Å². The number of amides is 1. The van der Waals surface area contributed by atoms with Gasteiger partial charge in [-0.2, -0.15) is 0 Å². The van der Waals surface area contributed by atoms with Crippen LogP contribution in [0.4, 0.5) is 0 Å². The van der Waals surface area contributed by atoms with Crippen LogP contribution in [0.2, 0.25) is 0 Å². The highest BCUT2D eigenvalue weighted by molar-refractivity contribution is 7.80. The molecule has 1 aliphatic carbocycles. The van der Waals surface area contributed by atoms with Gasteiger partial charge in [0.05, 0.1) is 17.5 Å². The molecule has 20 heavy (non-hydrogen) atoms. The minimum Gasteiger partial charge on any atom is -0.497 e. The molecule has 4 nitrogen and oxygen atoms in total. The van der Waals surface area contributed by atoms with E-state index < -0.39 is 5.41 Å². The first kappa shape index (κ1) is 14.8. The quantitative estimate of drug-likeness (QED) is 0.785. The lowest BCUT2D eigenvalue weighted by Crippen LogP contribution is -2.53. The number of nitrogens with two attached hydrogens (primary N) is 1. The molecule has 2 rings (SSSR count). The molecule has 1 saturated carbocycles. The number of thiocarbonyl (C=S) groups is 1. The van der Waals surface area contributed by atoms with Crippen LogP contribution in [0, 0.1) is 5.41 Å². The van der Waals surface area contributed by atoms with Crippen molar-refractivity contribution in [2.24, 2.45) is 11.1 Å². The van der Waals surface area contributed by atoms with Crippen molar-refractivity contribution in [3.8, 4) is 5.75 Å². The Morgan fingerprint density at radius 1 is 1.50 bits per heavy atom. The molecule has 0 saturated heterocycles.